The topological polar surface area (TPSA) is 46.5 Å². The lowest BCUT2D eigenvalue weighted by Gasteiger charge is -2.50. The SMILES string of the molecule is C=C1C[C@H](O)[C@@]2(C)CCC3c4ccc(OC(=O)c5ccccc5)cc4CCC3C12. The number of hydrogen-bond donors (Lipinski definition) is 1. The lowest BCUT2D eigenvalue weighted by molar-refractivity contribution is -0.0178. The van der Waals surface area contributed by atoms with Gasteiger partial charge in [0.25, 0.3) is 0 Å². The molecule has 3 unspecified atom stereocenters. The highest BCUT2D eigenvalue weighted by atomic mass is 16.5. The van der Waals surface area contributed by atoms with Crippen LogP contribution in [0.5, 0.6) is 5.75 Å². The van der Waals surface area contributed by atoms with Crippen LogP contribution >= 0.6 is 0 Å². The number of aliphatic hydroxyl groups is 1. The van der Waals surface area contributed by atoms with Gasteiger partial charge in [-0.15, -0.1) is 0 Å². The summed E-state index contributed by atoms with van der Waals surface area (Å²) in [6.45, 7) is 6.60. The van der Waals surface area contributed by atoms with Crippen molar-refractivity contribution in [2.45, 2.75) is 51.0 Å². The molecule has 0 radical (unpaired) electrons. The van der Waals surface area contributed by atoms with E-state index in [9.17, 15) is 9.90 Å². The van der Waals surface area contributed by atoms with E-state index in [1.165, 1.54) is 16.7 Å². The van der Waals surface area contributed by atoms with Crippen LogP contribution in [0.3, 0.4) is 0 Å². The van der Waals surface area contributed by atoms with Crippen molar-refractivity contribution >= 4 is 5.97 Å². The Labute approximate surface area is 172 Å². The first kappa shape index (κ1) is 18.6. The third-order valence-corrected chi connectivity index (χ3v) is 7.79. The van der Waals surface area contributed by atoms with Gasteiger partial charge in [0, 0.05) is 5.41 Å². The second-order valence-corrected chi connectivity index (χ2v) is 9.33. The average Bonchev–Trinajstić information content (AvgIpc) is 2.96. The Kier molecular flexibility index (Phi) is 4.40. The summed E-state index contributed by atoms with van der Waals surface area (Å²) in [7, 11) is 0. The zero-order chi connectivity index (χ0) is 20.2. The molecule has 29 heavy (non-hydrogen) atoms. The molecule has 3 aliphatic carbocycles. The van der Waals surface area contributed by atoms with Crippen molar-refractivity contribution in [1.82, 2.24) is 0 Å². The summed E-state index contributed by atoms with van der Waals surface area (Å²) in [6.07, 6.45) is 4.76. The van der Waals surface area contributed by atoms with Crippen LogP contribution in [0.4, 0.5) is 0 Å². The van der Waals surface area contributed by atoms with Crippen molar-refractivity contribution in [3.05, 3.63) is 77.4 Å². The number of hydrogen-bond acceptors (Lipinski definition) is 3. The van der Waals surface area contributed by atoms with E-state index < -0.39 is 0 Å². The fourth-order valence-electron chi connectivity index (χ4n) is 6.35. The van der Waals surface area contributed by atoms with Gasteiger partial charge in [0.15, 0.2) is 0 Å². The zero-order valence-corrected chi connectivity index (χ0v) is 16.9. The quantitative estimate of drug-likeness (QED) is 0.432. The molecular weight excluding hydrogens is 360 g/mol. The molecule has 0 amide bonds. The highest BCUT2D eigenvalue weighted by Gasteiger charge is 2.56. The van der Waals surface area contributed by atoms with Gasteiger partial charge in [0.2, 0.25) is 0 Å². The van der Waals surface area contributed by atoms with E-state index in [4.69, 9.17) is 4.74 Å². The minimum absolute atomic E-state index is 0.0130. The number of carbonyl (C=O) groups is 1. The first-order valence-electron chi connectivity index (χ1n) is 10.7. The molecule has 5 rings (SSSR count). The molecule has 2 fully saturated rings. The predicted molar refractivity (Wildman–Crippen MR) is 113 cm³/mol. The van der Waals surface area contributed by atoms with Crippen LogP contribution in [0.15, 0.2) is 60.7 Å². The molecule has 3 aliphatic rings. The van der Waals surface area contributed by atoms with Crippen molar-refractivity contribution in [1.29, 1.82) is 0 Å². The number of carbonyl (C=O) groups excluding carboxylic acids is 1. The maximum absolute atomic E-state index is 12.4. The second-order valence-electron chi connectivity index (χ2n) is 9.33. The first-order chi connectivity index (χ1) is 14.0. The monoisotopic (exact) mass is 388 g/mol. The summed E-state index contributed by atoms with van der Waals surface area (Å²) < 4.78 is 5.63. The summed E-state index contributed by atoms with van der Waals surface area (Å²) in [5.41, 5.74) is 4.50. The number of rotatable bonds is 2. The minimum Gasteiger partial charge on any atom is -0.423 e. The van der Waals surface area contributed by atoms with E-state index >= 15 is 0 Å². The number of aryl methyl sites for hydroxylation is 1. The Morgan fingerprint density at radius 2 is 1.97 bits per heavy atom. The smallest absolute Gasteiger partial charge is 0.343 e. The van der Waals surface area contributed by atoms with Crippen molar-refractivity contribution in [3.63, 3.8) is 0 Å². The Morgan fingerprint density at radius 3 is 2.76 bits per heavy atom. The van der Waals surface area contributed by atoms with Gasteiger partial charge >= 0.3 is 5.97 Å². The second kappa shape index (κ2) is 6.84. The molecule has 5 atom stereocenters. The van der Waals surface area contributed by atoms with Crippen molar-refractivity contribution in [2.75, 3.05) is 0 Å². The molecule has 2 aromatic rings. The third kappa shape index (κ3) is 2.95. The molecule has 0 heterocycles. The largest absolute Gasteiger partial charge is 0.423 e. The molecular formula is C26H28O3. The Bertz CT molecular complexity index is 963. The lowest BCUT2D eigenvalue weighted by Crippen LogP contribution is -2.44. The van der Waals surface area contributed by atoms with E-state index in [1.807, 2.05) is 24.3 Å². The van der Waals surface area contributed by atoms with Crippen LogP contribution in [0, 0.1) is 17.3 Å². The Morgan fingerprint density at radius 1 is 1.17 bits per heavy atom. The number of fused-ring (bicyclic) bond motifs is 5. The fourth-order valence-corrected chi connectivity index (χ4v) is 6.35. The Balaban J connectivity index is 1.39. The highest BCUT2D eigenvalue weighted by molar-refractivity contribution is 5.91. The van der Waals surface area contributed by atoms with Crippen molar-refractivity contribution in [3.8, 4) is 5.75 Å². The standard InChI is InChI=1S/C26H28O3/c1-16-14-23(27)26(2)13-12-21-20-11-9-19(15-18(20)8-10-22(21)24(16)26)29-25(28)17-6-4-3-5-7-17/h3-7,9,11,15,21-24,27H,1,8,10,12-14H2,2H3/t21?,22?,23-,24?,26+/m0/s1. The lowest BCUT2D eigenvalue weighted by atomic mass is 9.55. The number of ether oxygens (including phenoxy) is 1. The van der Waals surface area contributed by atoms with Crippen LogP contribution in [0.2, 0.25) is 0 Å². The maximum atomic E-state index is 12.4. The van der Waals surface area contributed by atoms with Gasteiger partial charge in [-0.1, -0.05) is 43.3 Å². The number of esters is 1. The Hall–Kier alpha value is -2.39. The highest BCUT2D eigenvalue weighted by Crippen LogP contribution is 2.62. The zero-order valence-electron chi connectivity index (χ0n) is 16.9. The summed E-state index contributed by atoms with van der Waals surface area (Å²) in [4.78, 5) is 12.4. The first-order valence-corrected chi connectivity index (χ1v) is 10.7. The van der Waals surface area contributed by atoms with Crippen LogP contribution in [-0.4, -0.2) is 17.2 Å². The van der Waals surface area contributed by atoms with Crippen LogP contribution in [-0.2, 0) is 6.42 Å². The molecule has 0 bridgehead atoms. The molecule has 3 heteroatoms. The van der Waals surface area contributed by atoms with E-state index in [1.54, 1.807) is 12.1 Å². The molecule has 1 N–H and O–H groups in total. The summed E-state index contributed by atoms with van der Waals surface area (Å²) >= 11 is 0. The molecule has 0 saturated heterocycles. The van der Waals surface area contributed by atoms with Gasteiger partial charge in [0.1, 0.15) is 5.75 Å². The third-order valence-electron chi connectivity index (χ3n) is 7.79. The van der Waals surface area contributed by atoms with E-state index in [0.29, 0.717) is 29.1 Å². The van der Waals surface area contributed by atoms with Crippen molar-refractivity contribution < 1.29 is 14.6 Å². The van der Waals surface area contributed by atoms with Gasteiger partial charge in [-0.3, -0.25) is 0 Å². The number of aliphatic hydroxyl groups excluding tert-OH is 1. The fraction of sp³-hybridized carbons (Fsp3) is 0.423. The minimum atomic E-state index is -0.316. The molecule has 0 spiro atoms. The van der Waals surface area contributed by atoms with E-state index in [-0.39, 0.29) is 17.5 Å². The van der Waals surface area contributed by atoms with Crippen molar-refractivity contribution in [2.24, 2.45) is 17.3 Å². The predicted octanol–water partition coefficient (Wildman–Crippen LogP) is 5.29. The number of benzene rings is 2. The van der Waals surface area contributed by atoms with Gasteiger partial charge < -0.3 is 9.84 Å². The normalized spacial score (nSPS) is 32.8. The van der Waals surface area contributed by atoms with Gasteiger partial charge in [-0.2, -0.15) is 0 Å². The molecule has 150 valence electrons. The summed E-state index contributed by atoms with van der Waals surface area (Å²) in [5.74, 6) is 1.79. The van der Waals surface area contributed by atoms with Gasteiger partial charge in [-0.25, -0.2) is 4.79 Å². The van der Waals surface area contributed by atoms with Gasteiger partial charge in [0.05, 0.1) is 11.7 Å². The molecule has 0 aliphatic heterocycles. The van der Waals surface area contributed by atoms with E-state index in [0.717, 1.165) is 32.1 Å². The van der Waals surface area contributed by atoms with Crippen LogP contribution in [0.1, 0.15) is 60.0 Å². The molecule has 3 nitrogen and oxygen atoms in total. The average molecular weight is 389 g/mol. The maximum Gasteiger partial charge on any atom is 0.343 e. The summed E-state index contributed by atoms with van der Waals surface area (Å²) in [6, 6.07) is 15.3. The molecule has 0 aromatic heterocycles. The molecule has 2 saturated carbocycles. The van der Waals surface area contributed by atoms with Gasteiger partial charge in [-0.05, 0) is 85.3 Å². The summed E-state index contributed by atoms with van der Waals surface area (Å²) in [5, 5.41) is 10.6. The molecule has 2 aromatic carbocycles. The van der Waals surface area contributed by atoms with E-state index in [2.05, 4.69) is 25.6 Å². The van der Waals surface area contributed by atoms with Crippen LogP contribution < -0.4 is 4.74 Å². The van der Waals surface area contributed by atoms with Crippen LogP contribution in [0.25, 0.3) is 0 Å².